The molecule has 1 saturated heterocycles. The maximum Gasteiger partial charge on any atom is 0.243 e. The molecule has 0 saturated carbocycles. The van der Waals surface area contributed by atoms with Crippen molar-refractivity contribution in [3.05, 3.63) is 18.7 Å². The Morgan fingerprint density at radius 3 is 2.63 bits per heavy atom. The summed E-state index contributed by atoms with van der Waals surface area (Å²) in [5.41, 5.74) is 2.48. The molecule has 0 aromatic carbocycles. The molecule has 2 aromatic heterocycles. The Balaban J connectivity index is 1.97. The van der Waals surface area contributed by atoms with Crippen LogP contribution < -0.4 is 16.2 Å². The quantitative estimate of drug-likeness (QED) is 0.593. The number of hydrazine groups is 1. The molecule has 8 nitrogen and oxygen atoms in total. The number of nitrogen functional groups attached to an aromatic ring is 1. The van der Waals surface area contributed by atoms with E-state index in [1.165, 1.54) is 0 Å². The predicted octanol–water partition coefficient (Wildman–Crippen LogP) is -0.104. The van der Waals surface area contributed by atoms with Gasteiger partial charge in [-0.2, -0.15) is 26.7 Å². The largest absolute Gasteiger partial charge is 0.339 e. The normalized spacial score (nSPS) is 15.5. The molecule has 9 heteroatoms. The van der Waals surface area contributed by atoms with Gasteiger partial charge in [-0.3, -0.25) is 9.99 Å². The third kappa shape index (κ3) is 2.61. The minimum Gasteiger partial charge on any atom is -0.339 e. The molecule has 3 heterocycles. The smallest absolute Gasteiger partial charge is 0.243 e. The lowest BCUT2D eigenvalue weighted by atomic mass is 10.5. The highest BCUT2D eigenvalue weighted by molar-refractivity contribution is 7.99. The van der Waals surface area contributed by atoms with Crippen LogP contribution in [0.25, 0.3) is 5.95 Å². The monoisotopic (exact) mass is 278 g/mol. The zero-order chi connectivity index (χ0) is 13.1. The minimum absolute atomic E-state index is 0.354. The predicted molar refractivity (Wildman–Crippen MR) is 74.3 cm³/mol. The number of nitrogens with zero attached hydrogens (tertiary/aromatic N) is 6. The third-order valence-corrected chi connectivity index (χ3v) is 3.71. The van der Waals surface area contributed by atoms with E-state index in [1.54, 1.807) is 23.3 Å². The molecule has 19 heavy (non-hydrogen) atoms. The van der Waals surface area contributed by atoms with Crippen LogP contribution in [-0.4, -0.2) is 49.1 Å². The molecule has 0 bridgehead atoms. The summed E-state index contributed by atoms with van der Waals surface area (Å²) in [6, 6.07) is 0. The van der Waals surface area contributed by atoms with E-state index < -0.39 is 0 Å². The second-order valence-corrected chi connectivity index (χ2v) is 5.20. The first-order chi connectivity index (χ1) is 9.36. The molecule has 0 spiro atoms. The van der Waals surface area contributed by atoms with Gasteiger partial charge in [0, 0.05) is 37.0 Å². The second kappa shape index (κ2) is 5.41. The summed E-state index contributed by atoms with van der Waals surface area (Å²) in [5.74, 6) is 9.09. The Labute approximate surface area is 114 Å². The van der Waals surface area contributed by atoms with E-state index in [-0.39, 0.29) is 0 Å². The summed E-state index contributed by atoms with van der Waals surface area (Å²) in [6.45, 7) is 1.87. The molecule has 0 unspecified atom stereocenters. The summed E-state index contributed by atoms with van der Waals surface area (Å²) in [6.07, 6.45) is 5.10. The summed E-state index contributed by atoms with van der Waals surface area (Å²) in [5, 5.41) is 0. The van der Waals surface area contributed by atoms with E-state index >= 15 is 0 Å². The van der Waals surface area contributed by atoms with E-state index in [2.05, 4.69) is 30.3 Å². The number of imidazole rings is 1. The van der Waals surface area contributed by atoms with Crippen LogP contribution in [0.5, 0.6) is 0 Å². The van der Waals surface area contributed by atoms with Crippen LogP contribution in [0, 0.1) is 0 Å². The zero-order valence-corrected chi connectivity index (χ0v) is 11.0. The van der Waals surface area contributed by atoms with Gasteiger partial charge in [-0.15, -0.1) is 0 Å². The number of anilines is 2. The van der Waals surface area contributed by atoms with Crippen molar-refractivity contribution in [1.29, 1.82) is 0 Å². The number of thioether (sulfide) groups is 1. The maximum atomic E-state index is 5.42. The van der Waals surface area contributed by atoms with Gasteiger partial charge in [-0.25, -0.2) is 10.8 Å². The average molecular weight is 278 g/mol. The Kier molecular flexibility index (Phi) is 3.47. The standard InChI is InChI=1S/C10H14N8S/c11-16-8-13-9(17-3-5-19-6-4-17)15-10(14-8)18-2-1-12-7-18/h1-2,7H,3-6,11H2,(H,13,14,15,16). The number of aromatic nitrogens is 5. The fourth-order valence-electron chi connectivity index (χ4n) is 1.82. The van der Waals surface area contributed by atoms with Gasteiger partial charge >= 0.3 is 0 Å². The van der Waals surface area contributed by atoms with Crippen molar-refractivity contribution < 1.29 is 0 Å². The molecule has 0 aliphatic carbocycles. The van der Waals surface area contributed by atoms with Crippen LogP contribution in [-0.2, 0) is 0 Å². The van der Waals surface area contributed by atoms with Gasteiger partial charge < -0.3 is 4.90 Å². The van der Waals surface area contributed by atoms with Crippen molar-refractivity contribution in [2.45, 2.75) is 0 Å². The molecule has 3 N–H and O–H groups in total. The van der Waals surface area contributed by atoms with Crippen molar-refractivity contribution in [3.63, 3.8) is 0 Å². The number of nitrogens with two attached hydrogens (primary N) is 1. The van der Waals surface area contributed by atoms with Crippen LogP contribution in [0.4, 0.5) is 11.9 Å². The first kappa shape index (κ1) is 12.2. The average Bonchev–Trinajstić information content (AvgIpc) is 3.02. The van der Waals surface area contributed by atoms with E-state index in [1.807, 2.05) is 11.8 Å². The second-order valence-electron chi connectivity index (χ2n) is 3.97. The van der Waals surface area contributed by atoms with Crippen LogP contribution in [0.2, 0.25) is 0 Å². The molecule has 3 rings (SSSR count). The minimum atomic E-state index is 0.354. The first-order valence-electron chi connectivity index (χ1n) is 5.90. The summed E-state index contributed by atoms with van der Waals surface area (Å²) >= 11 is 1.94. The molecule has 2 aromatic rings. The highest BCUT2D eigenvalue weighted by Crippen LogP contribution is 2.17. The third-order valence-electron chi connectivity index (χ3n) is 2.77. The van der Waals surface area contributed by atoms with E-state index in [9.17, 15) is 0 Å². The van der Waals surface area contributed by atoms with Crippen LogP contribution in [0.15, 0.2) is 18.7 Å². The van der Waals surface area contributed by atoms with E-state index in [0.29, 0.717) is 17.8 Å². The molecule has 1 fully saturated rings. The van der Waals surface area contributed by atoms with Crippen LogP contribution >= 0.6 is 11.8 Å². The van der Waals surface area contributed by atoms with Crippen LogP contribution in [0.3, 0.4) is 0 Å². The molecular formula is C10H14N8S. The molecule has 1 aliphatic rings. The van der Waals surface area contributed by atoms with Crippen molar-refractivity contribution in [2.24, 2.45) is 5.84 Å². The van der Waals surface area contributed by atoms with Gasteiger partial charge in [0.2, 0.25) is 17.8 Å². The zero-order valence-electron chi connectivity index (χ0n) is 10.2. The lowest BCUT2D eigenvalue weighted by Gasteiger charge is -2.26. The van der Waals surface area contributed by atoms with Gasteiger partial charge in [0.25, 0.3) is 0 Å². The maximum absolute atomic E-state index is 5.42. The fourth-order valence-corrected chi connectivity index (χ4v) is 2.72. The van der Waals surface area contributed by atoms with Gasteiger partial charge in [0.1, 0.15) is 6.33 Å². The highest BCUT2D eigenvalue weighted by atomic mass is 32.2. The van der Waals surface area contributed by atoms with E-state index in [4.69, 9.17) is 5.84 Å². The Hall–Kier alpha value is -1.87. The number of hydrogen-bond acceptors (Lipinski definition) is 8. The number of nitrogens with one attached hydrogen (secondary N) is 1. The molecule has 1 aliphatic heterocycles. The molecule has 0 atom stereocenters. The molecule has 0 radical (unpaired) electrons. The Morgan fingerprint density at radius 2 is 1.95 bits per heavy atom. The summed E-state index contributed by atoms with van der Waals surface area (Å²) in [4.78, 5) is 19.1. The highest BCUT2D eigenvalue weighted by Gasteiger charge is 2.16. The number of rotatable bonds is 3. The van der Waals surface area contributed by atoms with Crippen molar-refractivity contribution in [1.82, 2.24) is 24.5 Å². The SMILES string of the molecule is NNc1nc(N2CCSCC2)nc(-n2ccnc2)n1. The number of hydrogen-bond donors (Lipinski definition) is 2. The Bertz CT molecular complexity index is 536. The molecule has 100 valence electrons. The Morgan fingerprint density at radius 1 is 1.16 bits per heavy atom. The van der Waals surface area contributed by atoms with Crippen LogP contribution in [0.1, 0.15) is 0 Å². The van der Waals surface area contributed by atoms with Crippen molar-refractivity contribution in [2.75, 3.05) is 34.9 Å². The van der Waals surface area contributed by atoms with Gasteiger partial charge in [0.15, 0.2) is 0 Å². The lowest BCUT2D eigenvalue weighted by Crippen LogP contribution is -2.34. The summed E-state index contributed by atoms with van der Waals surface area (Å²) in [7, 11) is 0. The lowest BCUT2D eigenvalue weighted by molar-refractivity contribution is 0.790. The van der Waals surface area contributed by atoms with Gasteiger partial charge in [-0.1, -0.05) is 0 Å². The van der Waals surface area contributed by atoms with Gasteiger partial charge in [-0.05, 0) is 0 Å². The summed E-state index contributed by atoms with van der Waals surface area (Å²) < 4.78 is 1.73. The van der Waals surface area contributed by atoms with Gasteiger partial charge in [0.05, 0.1) is 0 Å². The molecular weight excluding hydrogens is 264 g/mol. The molecule has 0 amide bonds. The first-order valence-corrected chi connectivity index (χ1v) is 7.06. The van der Waals surface area contributed by atoms with E-state index in [0.717, 1.165) is 24.6 Å². The van der Waals surface area contributed by atoms with Crippen molar-refractivity contribution in [3.8, 4) is 5.95 Å². The topological polar surface area (TPSA) is 97.8 Å². The van der Waals surface area contributed by atoms with Crippen molar-refractivity contribution >= 4 is 23.7 Å². The fraction of sp³-hybridized carbons (Fsp3) is 0.400.